The lowest BCUT2D eigenvalue weighted by atomic mass is 10.1. The third-order valence-electron chi connectivity index (χ3n) is 2.28. The van der Waals surface area contributed by atoms with Crippen LogP contribution in [0.4, 0.5) is 5.82 Å². The Hall–Kier alpha value is -2.37. The first-order valence-electron chi connectivity index (χ1n) is 4.99. The van der Waals surface area contributed by atoms with E-state index in [1.807, 2.05) is 0 Å². The molecule has 0 radical (unpaired) electrons. The van der Waals surface area contributed by atoms with Gasteiger partial charge in [-0.2, -0.15) is 0 Å². The highest BCUT2D eigenvalue weighted by Crippen LogP contribution is 2.35. The lowest BCUT2D eigenvalue weighted by molar-refractivity contribution is 0.399. The van der Waals surface area contributed by atoms with Gasteiger partial charge in [0.1, 0.15) is 12.0 Å². The van der Waals surface area contributed by atoms with E-state index in [4.69, 9.17) is 4.74 Å². The monoisotopic (exact) mass is 232 g/mol. The number of nitrogens with one attached hydrogen (secondary N) is 1. The van der Waals surface area contributed by atoms with Crippen molar-refractivity contribution in [2.24, 2.45) is 0 Å². The van der Waals surface area contributed by atoms with Crippen LogP contribution in [0.2, 0.25) is 0 Å². The molecule has 2 N–H and O–H groups in total. The normalized spacial score (nSPS) is 10.0. The van der Waals surface area contributed by atoms with E-state index in [9.17, 15) is 5.11 Å². The van der Waals surface area contributed by atoms with E-state index in [1.54, 1.807) is 25.4 Å². The highest BCUT2D eigenvalue weighted by Gasteiger charge is 2.15. The van der Waals surface area contributed by atoms with Gasteiger partial charge < -0.3 is 15.2 Å². The van der Waals surface area contributed by atoms with E-state index in [-0.39, 0.29) is 5.75 Å². The molecule has 0 atom stereocenters. The zero-order valence-corrected chi connectivity index (χ0v) is 9.51. The van der Waals surface area contributed by atoms with Gasteiger partial charge >= 0.3 is 0 Å². The Kier molecular flexibility index (Phi) is 3.04. The number of aromatic hydroxyl groups is 1. The fraction of sp³-hybridized carbons (Fsp3) is 0.182. The molecule has 0 amide bonds. The third kappa shape index (κ3) is 1.96. The second-order valence-electron chi connectivity index (χ2n) is 3.23. The van der Waals surface area contributed by atoms with Gasteiger partial charge in [-0.3, -0.25) is 0 Å². The van der Waals surface area contributed by atoms with Gasteiger partial charge in [-0.15, -0.1) is 0 Å². The first-order chi connectivity index (χ1) is 8.27. The predicted octanol–water partition coefficient (Wildman–Crippen LogP) is 1.29. The molecular formula is C11H12N4O2. The van der Waals surface area contributed by atoms with Crippen LogP contribution in [-0.2, 0) is 0 Å². The van der Waals surface area contributed by atoms with Crippen molar-refractivity contribution in [3.05, 3.63) is 24.7 Å². The second-order valence-corrected chi connectivity index (χ2v) is 3.23. The molecule has 0 fully saturated rings. The lowest BCUT2D eigenvalue weighted by Gasteiger charge is -2.09. The Morgan fingerprint density at radius 1 is 1.29 bits per heavy atom. The van der Waals surface area contributed by atoms with Crippen molar-refractivity contribution < 1.29 is 9.84 Å². The molecule has 0 aliphatic rings. The maximum absolute atomic E-state index is 9.99. The van der Waals surface area contributed by atoms with Crippen molar-refractivity contribution in [3.63, 3.8) is 0 Å². The fourth-order valence-electron chi connectivity index (χ4n) is 1.49. The standard InChI is InChI=1S/C11H12N4O2/c1-12-10-9(16)8(14-6-15-10)7-4-3-5-13-11(7)17-2/h3-6,16H,1-2H3,(H,12,14,15). The van der Waals surface area contributed by atoms with E-state index in [1.165, 1.54) is 13.4 Å². The average molecular weight is 232 g/mol. The number of aromatic nitrogens is 3. The number of ether oxygens (including phenoxy) is 1. The van der Waals surface area contributed by atoms with Crippen LogP contribution in [0, 0.1) is 0 Å². The summed E-state index contributed by atoms with van der Waals surface area (Å²) in [5.41, 5.74) is 1.00. The smallest absolute Gasteiger partial charge is 0.222 e. The van der Waals surface area contributed by atoms with Crippen LogP contribution in [-0.4, -0.2) is 34.2 Å². The summed E-state index contributed by atoms with van der Waals surface area (Å²) in [6.07, 6.45) is 2.98. The van der Waals surface area contributed by atoms with Gasteiger partial charge in [-0.25, -0.2) is 15.0 Å². The number of hydrogen-bond acceptors (Lipinski definition) is 6. The summed E-state index contributed by atoms with van der Waals surface area (Å²) in [5, 5.41) is 12.8. The minimum atomic E-state index is -0.0266. The van der Waals surface area contributed by atoms with Crippen molar-refractivity contribution in [1.82, 2.24) is 15.0 Å². The Labute approximate surface area is 98.3 Å². The van der Waals surface area contributed by atoms with Crippen LogP contribution in [0.5, 0.6) is 11.6 Å². The Morgan fingerprint density at radius 2 is 2.12 bits per heavy atom. The molecule has 2 rings (SSSR count). The molecule has 0 unspecified atom stereocenters. The van der Waals surface area contributed by atoms with Gasteiger partial charge in [0.25, 0.3) is 0 Å². The summed E-state index contributed by atoms with van der Waals surface area (Å²) in [5.74, 6) is 0.741. The van der Waals surface area contributed by atoms with Crippen molar-refractivity contribution in [1.29, 1.82) is 0 Å². The molecule has 0 aromatic carbocycles. The first-order valence-corrected chi connectivity index (χ1v) is 4.99. The first kappa shape index (κ1) is 11.1. The molecule has 0 saturated heterocycles. The molecular weight excluding hydrogens is 220 g/mol. The van der Waals surface area contributed by atoms with Crippen LogP contribution < -0.4 is 10.1 Å². The largest absolute Gasteiger partial charge is 0.503 e. The Balaban J connectivity index is 2.60. The molecule has 6 nitrogen and oxygen atoms in total. The van der Waals surface area contributed by atoms with Gasteiger partial charge in [0.15, 0.2) is 11.6 Å². The van der Waals surface area contributed by atoms with Crippen LogP contribution >= 0.6 is 0 Å². The number of hydrogen-bond donors (Lipinski definition) is 2. The van der Waals surface area contributed by atoms with E-state index in [0.29, 0.717) is 23.0 Å². The minimum Gasteiger partial charge on any atom is -0.503 e. The van der Waals surface area contributed by atoms with Gasteiger partial charge in [0.2, 0.25) is 5.88 Å². The van der Waals surface area contributed by atoms with Crippen molar-refractivity contribution >= 4 is 5.82 Å². The topological polar surface area (TPSA) is 80.2 Å². The molecule has 2 heterocycles. The summed E-state index contributed by atoms with van der Waals surface area (Å²) < 4.78 is 5.13. The van der Waals surface area contributed by atoms with E-state index in [2.05, 4.69) is 20.3 Å². The average Bonchev–Trinajstić information content (AvgIpc) is 2.39. The maximum atomic E-state index is 9.99. The fourth-order valence-corrected chi connectivity index (χ4v) is 1.49. The van der Waals surface area contributed by atoms with E-state index >= 15 is 0 Å². The molecule has 88 valence electrons. The zero-order chi connectivity index (χ0) is 12.3. The highest BCUT2D eigenvalue weighted by molar-refractivity contribution is 5.74. The van der Waals surface area contributed by atoms with Crippen LogP contribution in [0.15, 0.2) is 24.7 Å². The Morgan fingerprint density at radius 3 is 2.82 bits per heavy atom. The molecule has 0 aliphatic heterocycles. The molecule has 0 bridgehead atoms. The number of rotatable bonds is 3. The maximum Gasteiger partial charge on any atom is 0.222 e. The summed E-state index contributed by atoms with van der Waals surface area (Å²) in [6, 6.07) is 3.52. The quantitative estimate of drug-likeness (QED) is 0.830. The van der Waals surface area contributed by atoms with Gasteiger partial charge in [0, 0.05) is 13.2 Å². The van der Waals surface area contributed by atoms with Crippen LogP contribution in [0.25, 0.3) is 11.3 Å². The summed E-state index contributed by atoms with van der Waals surface area (Å²) >= 11 is 0. The predicted molar refractivity (Wildman–Crippen MR) is 63.0 cm³/mol. The number of pyridine rings is 1. The third-order valence-corrected chi connectivity index (χ3v) is 2.28. The van der Waals surface area contributed by atoms with Crippen LogP contribution in [0.3, 0.4) is 0 Å². The molecule has 0 spiro atoms. The van der Waals surface area contributed by atoms with Crippen molar-refractivity contribution in [3.8, 4) is 22.9 Å². The van der Waals surface area contributed by atoms with E-state index < -0.39 is 0 Å². The van der Waals surface area contributed by atoms with Gasteiger partial charge in [-0.05, 0) is 12.1 Å². The SMILES string of the molecule is CNc1ncnc(-c2cccnc2OC)c1O. The van der Waals surface area contributed by atoms with Crippen molar-refractivity contribution in [2.75, 3.05) is 19.5 Å². The number of methoxy groups -OCH3 is 1. The Bertz CT molecular complexity index is 531. The molecule has 2 aromatic heterocycles. The minimum absolute atomic E-state index is 0.0266. The summed E-state index contributed by atoms with van der Waals surface area (Å²) in [6.45, 7) is 0. The number of nitrogens with zero attached hydrogens (tertiary/aromatic N) is 3. The summed E-state index contributed by atoms with van der Waals surface area (Å²) in [7, 11) is 3.19. The lowest BCUT2D eigenvalue weighted by Crippen LogP contribution is -1.98. The van der Waals surface area contributed by atoms with Crippen molar-refractivity contribution in [2.45, 2.75) is 0 Å². The second kappa shape index (κ2) is 4.65. The van der Waals surface area contributed by atoms with Crippen LogP contribution in [0.1, 0.15) is 0 Å². The summed E-state index contributed by atoms with van der Waals surface area (Å²) in [4.78, 5) is 12.0. The highest BCUT2D eigenvalue weighted by atomic mass is 16.5. The van der Waals surface area contributed by atoms with Gasteiger partial charge in [0.05, 0.1) is 12.7 Å². The molecule has 17 heavy (non-hydrogen) atoms. The van der Waals surface area contributed by atoms with E-state index in [0.717, 1.165) is 0 Å². The molecule has 0 aliphatic carbocycles. The number of anilines is 1. The molecule has 6 heteroatoms. The molecule has 0 saturated carbocycles. The zero-order valence-electron chi connectivity index (χ0n) is 9.51. The molecule has 2 aromatic rings. The van der Waals surface area contributed by atoms with Gasteiger partial charge in [-0.1, -0.05) is 0 Å².